The maximum Gasteiger partial charge on any atom is 0.0594 e. The first-order valence-electron chi connectivity index (χ1n) is 7.99. The lowest BCUT2D eigenvalue weighted by molar-refractivity contribution is 0.0170. The molecule has 0 aromatic heterocycles. The van der Waals surface area contributed by atoms with E-state index in [-0.39, 0.29) is 0 Å². The highest BCUT2D eigenvalue weighted by Crippen LogP contribution is 2.21. The Bertz CT molecular complexity index is 254. The minimum absolute atomic E-state index is 0.686. The predicted octanol–water partition coefficient (Wildman–Crippen LogP) is 1.03. The SMILES string of the molecule is CCNCC(C(C)C)N1CCC(N2CCOCC2)C1. The standard InChI is InChI=1S/C15H31N3O/c1-4-16-11-15(13(2)3)18-6-5-14(12-18)17-7-9-19-10-8-17/h13-16H,4-12H2,1-3H3. The lowest BCUT2D eigenvalue weighted by Crippen LogP contribution is -2.48. The lowest BCUT2D eigenvalue weighted by Gasteiger charge is -2.34. The first kappa shape index (κ1) is 15.2. The van der Waals surface area contributed by atoms with Gasteiger partial charge in [-0.2, -0.15) is 0 Å². The zero-order valence-electron chi connectivity index (χ0n) is 12.9. The van der Waals surface area contributed by atoms with Gasteiger partial charge >= 0.3 is 0 Å². The Hall–Kier alpha value is -0.160. The van der Waals surface area contributed by atoms with Gasteiger partial charge in [0.2, 0.25) is 0 Å². The number of nitrogens with one attached hydrogen (secondary N) is 1. The summed E-state index contributed by atoms with van der Waals surface area (Å²) in [7, 11) is 0. The third kappa shape index (κ3) is 4.15. The van der Waals surface area contributed by atoms with E-state index in [0.717, 1.165) is 51.4 Å². The second-order valence-electron chi connectivity index (χ2n) is 6.20. The number of ether oxygens (including phenoxy) is 1. The van der Waals surface area contributed by atoms with Crippen molar-refractivity contribution in [1.29, 1.82) is 0 Å². The van der Waals surface area contributed by atoms with Crippen LogP contribution in [0.2, 0.25) is 0 Å². The van der Waals surface area contributed by atoms with E-state index in [1.165, 1.54) is 19.5 Å². The van der Waals surface area contributed by atoms with Crippen LogP contribution in [-0.2, 0) is 4.74 Å². The summed E-state index contributed by atoms with van der Waals surface area (Å²) in [5.41, 5.74) is 0. The molecule has 1 N–H and O–H groups in total. The first-order valence-corrected chi connectivity index (χ1v) is 7.99. The second kappa shape index (κ2) is 7.58. The Kier molecular flexibility index (Phi) is 6.07. The smallest absolute Gasteiger partial charge is 0.0594 e. The molecule has 2 unspecified atom stereocenters. The van der Waals surface area contributed by atoms with Crippen molar-refractivity contribution in [3.63, 3.8) is 0 Å². The van der Waals surface area contributed by atoms with E-state index in [4.69, 9.17) is 4.74 Å². The molecular weight excluding hydrogens is 238 g/mol. The second-order valence-corrected chi connectivity index (χ2v) is 6.20. The molecular formula is C15H31N3O. The topological polar surface area (TPSA) is 27.7 Å². The molecule has 4 nitrogen and oxygen atoms in total. The van der Waals surface area contributed by atoms with Gasteiger partial charge in [0, 0.05) is 44.8 Å². The first-order chi connectivity index (χ1) is 9.22. The Labute approximate surface area is 118 Å². The van der Waals surface area contributed by atoms with Gasteiger partial charge in [0.25, 0.3) is 0 Å². The van der Waals surface area contributed by atoms with Crippen LogP contribution in [0.25, 0.3) is 0 Å². The van der Waals surface area contributed by atoms with Crippen LogP contribution in [0.5, 0.6) is 0 Å². The fourth-order valence-corrected chi connectivity index (χ4v) is 3.39. The van der Waals surface area contributed by atoms with Crippen LogP contribution in [0.15, 0.2) is 0 Å². The number of likely N-dealkylation sites (tertiary alicyclic amines) is 1. The van der Waals surface area contributed by atoms with E-state index in [1.54, 1.807) is 0 Å². The van der Waals surface area contributed by atoms with Crippen LogP contribution in [0.3, 0.4) is 0 Å². The molecule has 0 amide bonds. The third-order valence-corrected chi connectivity index (χ3v) is 4.60. The van der Waals surface area contributed by atoms with Gasteiger partial charge in [0.1, 0.15) is 0 Å². The Morgan fingerprint density at radius 2 is 1.95 bits per heavy atom. The Morgan fingerprint density at radius 1 is 1.21 bits per heavy atom. The van der Waals surface area contributed by atoms with Crippen molar-refractivity contribution in [2.24, 2.45) is 5.92 Å². The van der Waals surface area contributed by atoms with E-state index in [0.29, 0.717) is 6.04 Å². The zero-order chi connectivity index (χ0) is 13.7. The highest BCUT2D eigenvalue weighted by molar-refractivity contribution is 4.89. The van der Waals surface area contributed by atoms with Crippen molar-refractivity contribution in [3.8, 4) is 0 Å². The van der Waals surface area contributed by atoms with Crippen LogP contribution in [0.1, 0.15) is 27.2 Å². The van der Waals surface area contributed by atoms with E-state index in [1.807, 2.05) is 0 Å². The minimum atomic E-state index is 0.686. The molecule has 0 aliphatic carbocycles. The van der Waals surface area contributed by atoms with Gasteiger partial charge in [-0.15, -0.1) is 0 Å². The Balaban J connectivity index is 1.84. The van der Waals surface area contributed by atoms with Crippen LogP contribution in [0.4, 0.5) is 0 Å². The van der Waals surface area contributed by atoms with Crippen LogP contribution >= 0.6 is 0 Å². The van der Waals surface area contributed by atoms with Crippen molar-refractivity contribution < 1.29 is 4.74 Å². The number of hydrogen-bond acceptors (Lipinski definition) is 4. The number of nitrogens with zero attached hydrogens (tertiary/aromatic N) is 2. The highest BCUT2D eigenvalue weighted by atomic mass is 16.5. The van der Waals surface area contributed by atoms with Gasteiger partial charge in [0.15, 0.2) is 0 Å². The van der Waals surface area contributed by atoms with Gasteiger partial charge in [-0.1, -0.05) is 20.8 Å². The Morgan fingerprint density at radius 3 is 2.58 bits per heavy atom. The van der Waals surface area contributed by atoms with Gasteiger partial charge in [-0.25, -0.2) is 0 Å². The average Bonchev–Trinajstić information content (AvgIpc) is 2.89. The van der Waals surface area contributed by atoms with Crippen molar-refractivity contribution in [1.82, 2.24) is 15.1 Å². The molecule has 4 heteroatoms. The number of hydrogen-bond donors (Lipinski definition) is 1. The molecule has 2 fully saturated rings. The summed E-state index contributed by atoms with van der Waals surface area (Å²) in [6.07, 6.45) is 1.33. The quantitative estimate of drug-likeness (QED) is 0.779. The molecule has 19 heavy (non-hydrogen) atoms. The normalized spacial score (nSPS) is 28.1. The van der Waals surface area contributed by atoms with Crippen molar-refractivity contribution in [3.05, 3.63) is 0 Å². The van der Waals surface area contributed by atoms with Crippen molar-refractivity contribution in [2.45, 2.75) is 39.3 Å². The van der Waals surface area contributed by atoms with E-state index in [9.17, 15) is 0 Å². The van der Waals surface area contributed by atoms with Gasteiger partial charge in [-0.05, 0) is 18.9 Å². The molecule has 0 radical (unpaired) electrons. The minimum Gasteiger partial charge on any atom is -0.379 e. The molecule has 2 aliphatic heterocycles. The molecule has 2 saturated heterocycles. The van der Waals surface area contributed by atoms with Crippen LogP contribution < -0.4 is 5.32 Å². The molecule has 0 spiro atoms. The van der Waals surface area contributed by atoms with Crippen LogP contribution in [0, 0.1) is 5.92 Å². The van der Waals surface area contributed by atoms with E-state index >= 15 is 0 Å². The summed E-state index contributed by atoms with van der Waals surface area (Å²) in [5.74, 6) is 0.725. The lowest BCUT2D eigenvalue weighted by atomic mass is 10.0. The maximum absolute atomic E-state index is 5.46. The van der Waals surface area contributed by atoms with E-state index < -0.39 is 0 Å². The monoisotopic (exact) mass is 269 g/mol. The molecule has 0 aromatic carbocycles. The number of likely N-dealkylation sites (N-methyl/N-ethyl adjacent to an activating group) is 1. The summed E-state index contributed by atoms with van der Waals surface area (Å²) in [6, 6.07) is 1.44. The predicted molar refractivity (Wildman–Crippen MR) is 79.5 cm³/mol. The summed E-state index contributed by atoms with van der Waals surface area (Å²) in [4.78, 5) is 5.33. The number of morpholine rings is 1. The van der Waals surface area contributed by atoms with Crippen molar-refractivity contribution >= 4 is 0 Å². The third-order valence-electron chi connectivity index (χ3n) is 4.60. The molecule has 0 bridgehead atoms. The zero-order valence-corrected chi connectivity index (χ0v) is 12.9. The highest BCUT2D eigenvalue weighted by Gasteiger charge is 2.33. The molecule has 112 valence electrons. The van der Waals surface area contributed by atoms with E-state index in [2.05, 4.69) is 35.9 Å². The van der Waals surface area contributed by atoms with Crippen molar-refractivity contribution in [2.75, 3.05) is 52.5 Å². The summed E-state index contributed by atoms with van der Waals surface area (Å²) >= 11 is 0. The molecule has 2 atom stereocenters. The summed E-state index contributed by atoms with van der Waals surface area (Å²) in [5, 5.41) is 3.53. The van der Waals surface area contributed by atoms with Crippen LogP contribution in [-0.4, -0.2) is 74.4 Å². The summed E-state index contributed by atoms with van der Waals surface area (Å²) < 4.78 is 5.46. The summed E-state index contributed by atoms with van der Waals surface area (Å²) in [6.45, 7) is 15.7. The fourth-order valence-electron chi connectivity index (χ4n) is 3.39. The number of rotatable bonds is 6. The molecule has 2 heterocycles. The average molecular weight is 269 g/mol. The van der Waals surface area contributed by atoms with Gasteiger partial charge < -0.3 is 10.1 Å². The molecule has 0 aromatic rings. The largest absolute Gasteiger partial charge is 0.379 e. The maximum atomic E-state index is 5.46. The molecule has 2 rings (SSSR count). The van der Waals surface area contributed by atoms with Gasteiger partial charge in [0.05, 0.1) is 13.2 Å². The fraction of sp³-hybridized carbons (Fsp3) is 1.00. The van der Waals surface area contributed by atoms with Gasteiger partial charge in [-0.3, -0.25) is 9.80 Å². The molecule has 0 saturated carbocycles. The molecule has 2 aliphatic rings.